The van der Waals surface area contributed by atoms with Crippen LogP contribution in [0.4, 0.5) is 0 Å². The summed E-state index contributed by atoms with van der Waals surface area (Å²) in [4.78, 5) is 12.1. The summed E-state index contributed by atoms with van der Waals surface area (Å²) in [6.45, 7) is 0.0127. The molecular weight excluding hydrogens is 347 g/mol. The van der Waals surface area contributed by atoms with Crippen LogP contribution in [0.1, 0.15) is 15.9 Å². The molecule has 0 bridgehead atoms. The van der Waals surface area contributed by atoms with Crippen LogP contribution in [0.3, 0.4) is 0 Å². The molecule has 2 aromatic carbocycles. The Hall–Kier alpha value is -1.56. The van der Waals surface area contributed by atoms with E-state index in [-0.39, 0.29) is 22.1 Å². The van der Waals surface area contributed by atoms with Gasteiger partial charge in [-0.3, -0.25) is 0 Å². The molecule has 0 aliphatic carbocycles. The molecule has 0 spiro atoms. The zero-order valence-corrected chi connectivity index (χ0v) is 13.9. The molecule has 0 aromatic heterocycles. The van der Waals surface area contributed by atoms with Gasteiger partial charge >= 0.3 is 5.97 Å². The Balaban J connectivity index is 2.19. The molecule has 0 saturated heterocycles. The van der Waals surface area contributed by atoms with Gasteiger partial charge in [-0.25, -0.2) is 13.2 Å². The van der Waals surface area contributed by atoms with E-state index >= 15 is 0 Å². The van der Waals surface area contributed by atoms with Crippen molar-refractivity contribution >= 4 is 39.0 Å². The second kappa shape index (κ2) is 6.69. The van der Waals surface area contributed by atoms with Gasteiger partial charge in [0.05, 0.1) is 15.5 Å². The molecule has 0 N–H and O–H groups in total. The Bertz CT molecular complexity index is 816. The normalized spacial score (nSPS) is 11.2. The first-order valence-corrected chi connectivity index (χ1v) is 8.83. The van der Waals surface area contributed by atoms with E-state index in [1.165, 1.54) is 18.2 Å². The highest BCUT2D eigenvalue weighted by Crippen LogP contribution is 2.22. The number of carbonyl (C=O) groups is 1. The lowest BCUT2D eigenvalue weighted by Gasteiger charge is -2.08. The lowest BCUT2D eigenvalue weighted by Crippen LogP contribution is -2.08. The number of hydrogen-bond acceptors (Lipinski definition) is 4. The first-order chi connectivity index (χ1) is 10.3. The first-order valence-electron chi connectivity index (χ1n) is 6.18. The van der Waals surface area contributed by atoms with Crippen LogP contribution in [-0.2, 0) is 21.2 Å². The zero-order valence-electron chi connectivity index (χ0n) is 11.5. The number of benzene rings is 2. The fourth-order valence-electron chi connectivity index (χ4n) is 1.74. The second-order valence-corrected chi connectivity index (χ2v) is 7.48. The summed E-state index contributed by atoms with van der Waals surface area (Å²) in [5.41, 5.74) is 0.725. The first kappa shape index (κ1) is 16.8. The Morgan fingerprint density at radius 1 is 1.14 bits per heavy atom. The Morgan fingerprint density at radius 2 is 1.86 bits per heavy atom. The number of ether oxygens (including phenoxy) is 1. The average molecular weight is 359 g/mol. The lowest BCUT2D eigenvalue weighted by atomic mass is 10.2. The predicted molar refractivity (Wildman–Crippen MR) is 85.1 cm³/mol. The van der Waals surface area contributed by atoms with Gasteiger partial charge in [0.1, 0.15) is 6.61 Å². The molecule has 7 heteroatoms. The molecule has 2 aromatic rings. The Morgan fingerprint density at radius 3 is 2.50 bits per heavy atom. The van der Waals surface area contributed by atoms with Gasteiger partial charge in [0.2, 0.25) is 0 Å². The van der Waals surface area contributed by atoms with Crippen molar-refractivity contribution in [2.75, 3.05) is 6.26 Å². The van der Waals surface area contributed by atoms with Crippen LogP contribution in [0.15, 0.2) is 47.4 Å². The zero-order chi connectivity index (χ0) is 16.3. The largest absolute Gasteiger partial charge is 0.457 e. The molecule has 4 nitrogen and oxygen atoms in total. The van der Waals surface area contributed by atoms with Crippen LogP contribution >= 0.6 is 23.2 Å². The van der Waals surface area contributed by atoms with Gasteiger partial charge in [0.25, 0.3) is 0 Å². The lowest BCUT2D eigenvalue weighted by molar-refractivity contribution is 0.0472. The van der Waals surface area contributed by atoms with Gasteiger partial charge in [-0.1, -0.05) is 35.3 Å². The summed E-state index contributed by atoms with van der Waals surface area (Å²) in [7, 11) is -3.43. The van der Waals surface area contributed by atoms with Gasteiger partial charge in [-0.05, 0) is 35.9 Å². The van der Waals surface area contributed by atoms with Crippen LogP contribution in [-0.4, -0.2) is 20.6 Å². The van der Waals surface area contributed by atoms with Crippen molar-refractivity contribution in [1.29, 1.82) is 0 Å². The van der Waals surface area contributed by atoms with Gasteiger partial charge < -0.3 is 4.74 Å². The molecule has 0 saturated carbocycles. The summed E-state index contributed by atoms with van der Waals surface area (Å²) in [6.07, 6.45) is 1.05. The third-order valence-electron chi connectivity index (χ3n) is 2.84. The number of rotatable bonds is 4. The van der Waals surface area contributed by atoms with Crippen molar-refractivity contribution in [3.05, 3.63) is 63.6 Å². The summed E-state index contributed by atoms with van der Waals surface area (Å²) in [5.74, 6) is -0.699. The third-order valence-corrected chi connectivity index (χ3v) is 4.52. The van der Waals surface area contributed by atoms with Gasteiger partial charge in [-0.15, -0.1) is 0 Å². The highest BCUT2D eigenvalue weighted by atomic mass is 35.5. The van der Waals surface area contributed by atoms with Crippen molar-refractivity contribution in [1.82, 2.24) is 0 Å². The van der Waals surface area contributed by atoms with E-state index in [0.29, 0.717) is 5.02 Å². The minimum absolute atomic E-state index is 0.00612. The monoisotopic (exact) mass is 358 g/mol. The van der Waals surface area contributed by atoms with E-state index in [4.69, 9.17) is 27.9 Å². The highest BCUT2D eigenvalue weighted by Gasteiger charge is 2.16. The molecule has 0 amide bonds. The fourth-order valence-corrected chi connectivity index (χ4v) is 2.80. The maximum absolute atomic E-state index is 12.1. The molecule has 0 heterocycles. The molecule has 0 atom stereocenters. The van der Waals surface area contributed by atoms with Gasteiger partial charge in [0.15, 0.2) is 9.84 Å². The van der Waals surface area contributed by atoms with E-state index in [9.17, 15) is 13.2 Å². The third kappa shape index (κ3) is 4.22. The topological polar surface area (TPSA) is 60.4 Å². The number of halogens is 2. The van der Waals surface area contributed by atoms with E-state index in [2.05, 4.69) is 0 Å². The maximum Gasteiger partial charge on any atom is 0.340 e. The predicted octanol–water partition coefficient (Wildman–Crippen LogP) is 3.75. The molecule has 0 fully saturated rings. The molecule has 116 valence electrons. The fraction of sp³-hybridized carbons (Fsp3) is 0.133. The molecule has 0 radical (unpaired) electrons. The van der Waals surface area contributed by atoms with Crippen molar-refractivity contribution in [2.24, 2.45) is 0 Å². The summed E-state index contributed by atoms with van der Waals surface area (Å²) < 4.78 is 28.2. The van der Waals surface area contributed by atoms with E-state index in [1.54, 1.807) is 24.3 Å². The second-order valence-electron chi connectivity index (χ2n) is 4.62. The van der Waals surface area contributed by atoms with E-state index < -0.39 is 15.8 Å². The van der Waals surface area contributed by atoms with Crippen molar-refractivity contribution < 1.29 is 17.9 Å². The minimum Gasteiger partial charge on any atom is -0.457 e. The molecular formula is C15H12Cl2O4S. The molecule has 0 aliphatic heterocycles. The summed E-state index contributed by atoms with van der Waals surface area (Å²) >= 11 is 11.8. The van der Waals surface area contributed by atoms with Crippen molar-refractivity contribution in [3.63, 3.8) is 0 Å². The van der Waals surface area contributed by atoms with E-state index in [1.807, 2.05) is 0 Å². The Labute approximate surface area is 138 Å². The maximum atomic E-state index is 12.1. The standard InChI is InChI=1S/C15H12Cl2O4S/c1-22(19,20)12-5-6-14(17)13(8-12)15(18)21-9-10-3-2-4-11(16)7-10/h2-8H,9H2,1H3. The minimum atomic E-state index is -3.43. The summed E-state index contributed by atoms with van der Waals surface area (Å²) in [6, 6.07) is 10.8. The average Bonchev–Trinajstić information content (AvgIpc) is 2.44. The summed E-state index contributed by atoms with van der Waals surface area (Å²) in [5, 5.41) is 0.661. The number of hydrogen-bond donors (Lipinski definition) is 0. The van der Waals surface area contributed by atoms with Crippen LogP contribution < -0.4 is 0 Å². The number of esters is 1. The van der Waals surface area contributed by atoms with Crippen LogP contribution in [0.2, 0.25) is 10.0 Å². The van der Waals surface area contributed by atoms with Gasteiger partial charge in [0, 0.05) is 11.3 Å². The van der Waals surface area contributed by atoms with Crippen molar-refractivity contribution in [2.45, 2.75) is 11.5 Å². The van der Waals surface area contributed by atoms with Gasteiger partial charge in [-0.2, -0.15) is 0 Å². The smallest absolute Gasteiger partial charge is 0.340 e. The quantitative estimate of drug-likeness (QED) is 0.780. The van der Waals surface area contributed by atoms with Crippen LogP contribution in [0, 0.1) is 0 Å². The SMILES string of the molecule is CS(=O)(=O)c1ccc(Cl)c(C(=O)OCc2cccc(Cl)c2)c1. The van der Waals surface area contributed by atoms with Crippen molar-refractivity contribution in [3.8, 4) is 0 Å². The molecule has 0 aliphatic rings. The Kier molecular flexibility index (Phi) is 5.11. The number of sulfone groups is 1. The van der Waals surface area contributed by atoms with Crippen LogP contribution in [0.5, 0.6) is 0 Å². The van der Waals surface area contributed by atoms with Crippen LogP contribution in [0.25, 0.3) is 0 Å². The molecule has 2 rings (SSSR count). The molecule has 22 heavy (non-hydrogen) atoms. The molecule has 0 unspecified atom stereocenters. The highest BCUT2D eigenvalue weighted by molar-refractivity contribution is 7.90. The number of carbonyl (C=O) groups excluding carboxylic acids is 1. The van der Waals surface area contributed by atoms with E-state index in [0.717, 1.165) is 11.8 Å².